The lowest BCUT2D eigenvalue weighted by molar-refractivity contribution is 0.415. The van der Waals surface area contributed by atoms with Gasteiger partial charge in [-0.15, -0.1) is 0 Å². The molecule has 0 unspecified atom stereocenters. The van der Waals surface area contributed by atoms with Crippen molar-refractivity contribution in [3.05, 3.63) is 42.5 Å². The second kappa shape index (κ2) is 4.18. The number of anilines is 1. The van der Waals surface area contributed by atoms with E-state index in [0.29, 0.717) is 0 Å². The van der Waals surface area contributed by atoms with Crippen molar-refractivity contribution in [3.63, 3.8) is 0 Å². The van der Waals surface area contributed by atoms with Crippen LogP contribution in [0.3, 0.4) is 0 Å². The molecule has 0 aliphatic heterocycles. The molecular weight excluding hydrogens is 224 g/mol. The topological polar surface area (TPSA) is 34.2 Å². The van der Waals surface area contributed by atoms with Crippen LogP contribution in [0, 0.1) is 0 Å². The highest BCUT2D eigenvalue weighted by atomic mass is 16.5. The van der Waals surface area contributed by atoms with Crippen LogP contribution >= 0.6 is 0 Å². The molecule has 0 saturated carbocycles. The minimum Gasteiger partial charge on any atom is -0.497 e. The Kier molecular flexibility index (Phi) is 2.52. The number of hydrogen-bond acceptors (Lipinski definition) is 3. The highest BCUT2D eigenvalue weighted by Gasteiger charge is 2.07. The molecule has 0 amide bonds. The Hall–Kier alpha value is -2.29. The number of pyridine rings is 1. The number of fused-ring (bicyclic) bond motifs is 2. The van der Waals surface area contributed by atoms with Crippen LogP contribution in [0.5, 0.6) is 5.75 Å². The van der Waals surface area contributed by atoms with Crippen molar-refractivity contribution in [1.82, 2.24) is 4.98 Å². The third-order valence-electron chi connectivity index (χ3n) is 3.14. The van der Waals surface area contributed by atoms with Crippen molar-refractivity contribution >= 4 is 27.5 Å². The summed E-state index contributed by atoms with van der Waals surface area (Å²) in [5.74, 6) is 0.826. The van der Waals surface area contributed by atoms with Crippen LogP contribution in [0.4, 0.5) is 5.69 Å². The molecule has 1 aromatic heterocycles. The highest BCUT2D eigenvalue weighted by molar-refractivity contribution is 6.07. The molecule has 3 aromatic rings. The molecule has 0 fully saturated rings. The number of aromatic nitrogens is 1. The Bertz CT molecular complexity index is 722. The maximum absolute atomic E-state index is 5.25. The summed E-state index contributed by atoms with van der Waals surface area (Å²) in [6, 6.07) is 14.1. The molecule has 3 rings (SSSR count). The van der Waals surface area contributed by atoms with Crippen LogP contribution in [-0.2, 0) is 0 Å². The maximum Gasteiger partial charge on any atom is 0.121 e. The fourth-order valence-corrected chi connectivity index (χ4v) is 2.27. The zero-order valence-electron chi connectivity index (χ0n) is 10.4. The maximum atomic E-state index is 5.25. The van der Waals surface area contributed by atoms with E-state index in [-0.39, 0.29) is 0 Å². The predicted molar refractivity (Wildman–Crippen MR) is 75.3 cm³/mol. The third kappa shape index (κ3) is 1.56. The molecule has 18 heavy (non-hydrogen) atoms. The smallest absolute Gasteiger partial charge is 0.121 e. The summed E-state index contributed by atoms with van der Waals surface area (Å²) in [6.07, 6.45) is 0. The van der Waals surface area contributed by atoms with E-state index in [9.17, 15) is 0 Å². The normalized spacial score (nSPS) is 10.8. The van der Waals surface area contributed by atoms with E-state index in [1.807, 2.05) is 43.4 Å². The van der Waals surface area contributed by atoms with Gasteiger partial charge < -0.3 is 10.1 Å². The Morgan fingerprint density at radius 3 is 2.56 bits per heavy atom. The molecule has 0 radical (unpaired) electrons. The van der Waals surface area contributed by atoms with Gasteiger partial charge in [-0.1, -0.05) is 18.2 Å². The van der Waals surface area contributed by atoms with Gasteiger partial charge in [-0.2, -0.15) is 0 Å². The number of ether oxygens (including phenoxy) is 1. The monoisotopic (exact) mass is 238 g/mol. The molecule has 0 bridgehead atoms. The van der Waals surface area contributed by atoms with Crippen LogP contribution in [0.1, 0.15) is 0 Å². The number of para-hydroxylation sites is 1. The second-order valence-electron chi connectivity index (χ2n) is 4.14. The summed E-state index contributed by atoms with van der Waals surface area (Å²) in [7, 11) is 3.60. The Labute approximate surface area is 105 Å². The lowest BCUT2D eigenvalue weighted by atomic mass is 10.1. The number of rotatable bonds is 2. The minimum atomic E-state index is 0.826. The predicted octanol–water partition coefficient (Wildman–Crippen LogP) is 3.44. The van der Waals surface area contributed by atoms with Gasteiger partial charge in [0.25, 0.3) is 0 Å². The Morgan fingerprint density at radius 1 is 1.00 bits per heavy atom. The van der Waals surface area contributed by atoms with Crippen molar-refractivity contribution in [3.8, 4) is 5.75 Å². The molecule has 3 nitrogen and oxygen atoms in total. The zero-order valence-corrected chi connectivity index (χ0v) is 10.4. The second-order valence-corrected chi connectivity index (χ2v) is 4.14. The molecule has 0 spiro atoms. The third-order valence-corrected chi connectivity index (χ3v) is 3.14. The number of hydrogen-bond donors (Lipinski definition) is 1. The van der Waals surface area contributed by atoms with E-state index in [1.165, 1.54) is 0 Å². The molecular formula is C15H14N2O. The molecule has 1 heterocycles. The van der Waals surface area contributed by atoms with Crippen LogP contribution < -0.4 is 10.1 Å². The fraction of sp³-hybridized carbons (Fsp3) is 0.133. The summed E-state index contributed by atoms with van der Waals surface area (Å²) >= 11 is 0. The van der Waals surface area contributed by atoms with Gasteiger partial charge in [0.1, 0.15) is 5.75 Å². The molecule has 0 aliphatic rings. The van der Waals surface area contributed by atoms with E-state index >= 15 is 0 Å². The van der Waals surface area contributed by atoms with Crippen LogP contribution in [-0.4, -0.2) is 19.1 Å². The van der Waals surface area contributed by atoms with E-state index < -0.39 is 0 Å². The first kappa shape index (κ1) is 10.8. The van der Waals surface area contributed by atoms with Crippen LogP contribution in [0.25, 0.3) is 21.8 Å². The first-order valence-electron chi connectivity index (χ1n) is 5.87. The quantitative estimate of drug-likeness (QED) is 0.694. The molecule has 2 aromatic carbocycles. The van der Waals surface area contributed by atoms with Gasteiger partial charge in [0.15, 0.2) is 0 Å². The summed E-state index contributed by atoms with van der Waals surface area (Å²) in [4.78, 5) is 4.67. The molecule has 0 saturated heterocycles. The van der Waals surface area contributed by atoms with Crippen molar-refractivity contribution in [2.75, 3.05) is 19.5 Å². The number of nitrogens with zero attached hydrogens (tertiary/aromatic N) is 1. The van der Waals surface area contributed by atoms with Gasteiger partial charge in [-0.25, -0.2) is 4.98 Å². The highest BCUT2D eigenvalue weighted by Crippen LogP contribution is 2.31. The Morgan fingerprint density at radius 2 is 1.78 bits per heavy atom. The van der Waals surface area contributed by atoms with E-state index in [1.54, 1.807) is 7.11 Å². The molecule has 3 heteroatoms. The van der Waals surface area contributed by atoms with Gasteiger partial charge in [0.2, 0.25) is 0 Å². The molecule has 0 aliphatic carbocycles. The minimum absolute atomic E-state index is 0.826. The summed E-state index contributed by atoms with van der Waals surface area (Å²) < 4.78 is 5.25. The summed E-state index contributed by atoms with van der Waals surface area (Å²) in [5.41, 5.74) is 3.04. The molecule has 0 atom stereocenters. The zero-order chi connectivity index (χ0) is 12.5. The van der Waals surface area contributed by atoms with Gasteiger partial charge in [0.05, 0.1) is 23.8 Å². The van der Waals surface area contributed by atoms with E-state index in [2.05, 4.69) is 16.4 Å². The first-order valence-corrected chi connectivity index (χ1v) is 5.87. The van der Waals surface area contributed by atoms with Crippen molar-refractivity contribution < 1.29 is 4.74 Å². The van der Waals surface area contributed by atoms with Crippen molar-refractivity contribution in [2.45, 2.75) is 0 Å². The van der Waals surface area contributed by atoms with Crippen molar-refractivity contribution in [1.29, 1.82) is 0 Å². The SMILES string of the molecule is CNc1c2ccccc2nc2cc(OC)ccc12. The average Bonchev–Trinajstić information content (AvgIpc) is 2.44. The summed E-state index contributed by atoms with van der Waals surface area (Å²) in [5, 5.41) is 5.51. The van der Waals surface area contributed by atoms with Gasteiger partial charge in [-0.05, 0) is 18.2 Å². The molecule has 90 valence electrons. The summed E-state index contributed by atoms with van der Waals surface area (Å²) in [6.45, 7) is 0. The number of nitrogens with one attached hydrogen (secondary N) is 1. The number of methoxy groups -OCH3 is 1. The standard InChI is InChI=1S/C15H14N2O/c1-16-15-11-5-3-4-6-13(11)17-14-9-10(18-2)7-8-12(14)15/h3-9H,1-2H3,(H,16,17). The largest absolute Gasteiger partial charge is 0.497 e. The Balaban J connectivity index is 2.45. The van der Waals surface area contributed by atoms with Crippen LogP contribution in [0.15, 0.2) is 42.5 Å². The average molecular weight is 238 g/mol. The molecule has 1 N–H and O–H groups in total. The lowest BCUT2D eigenvalue weighted by Gasteiger charge is -2.10. The van der Waals surface area contributed by atoms with Crippen LogP contribution in [0.2, 0.25) is 0 Å². The van der Waals surface area contributed by atoms with Gasteiger partial charge in [-0.3, -0.25) is 0 Å². The van der Waals surface area contributed by atoms with E-state index in [4.69, 9.17) is 4.74 Å². The van der Waals surface area contributed by atoms with E-state index in [0.717, 1.165) is 33.2 Å². The van der Waals surface area contributed by atoms with Gasteiger partial charge in [0, 0.05) is 23.9 Å². The van der Waals surface area contributed by atoms with Crippen molar-refractivity contribution in [2.24, 2.45) is 0 Å². The fourth-order valence-electron chi connectivity index (χ4n) is 2.27. The first-order chi connectivity index (χ1) is 8.83. The lowest BCUT2D eigenvalue weighted by Crippen LogP contribution is -1.94. The number of benzene rings is 2. The van der Waals surface area contributed by atoms with Gasteiger partial charge >= 0.3 is 0 Å².